The van der Waals surface area contributed by atoms with Crippen LogP contribution in [0.2, 0.25) is 0 Å². The maximum absolute atomic E-state index is 11.4. The van der Waals surface area contributed by atoms with Gasteiger partial charge in [-0.25, -0.2) is 4.79 Å². The minimum atomic E-state index is -0.398. The summed E-state index contributed by atoms with van der Waals surface area (Å²) in [5.74, 6) is 3.10. The van der Waals surface area contributed by atoms with Gasteiger partial charge in [-0.3, -0.25) is 4.90 Å². The van der Waals surface area contributed by atoms with Crippen molar-refractivity contribution >= 4 is 24.1 Å². The number of carbonyl (C=O) groups is 1. The topological polar surface area (TPSA) is 32.8 Å². The van der Waals surface area contributed by atoms with Gasteiger partial charge in [-0.05, 0) is 30.3 Å². The fourth-order valence-electron chi connectivity index (χ4n) is 1.58. The highest BCUT2D eigenvalue weighted by Gasteiger charge is 2.07. The number of ether oxygens (including phenoxy) is 1. The number of nitrogens with zero attached hydrogens (tertiary/aromatic N) is 2. The summed E-state index contributed by atoms with van der Waals surface area (Å²) in [6, 6.07) is 7.26. The highest BCUT2D eigenvalue weighted by molar-refractivity contribution is 5.85. The quantitative estimate of drug-likeness (QED) is 0.784. The summed E-state index contributed by atoms with van der Waals surface area (Å²) in [7, 11) is 5.22. The van der Waals surface area contributed by atoms with Crippen LogP contribution in [0.5, 0.6) is 5.75 Å². The standard InChI is InChI=1S/C16H20N2O2.ClH/c1-6-11-18(5)12-13(2)14-7-9-15(10-8-14)20-16(19)17(3)4;/h1,7-10H,2,11-12H2,3-5H3;1H. The SMILES string of the molecule is C#CCN(C)CC(=C)c1ccc(OC(=O)N(C)C)cc1.Cl. The zero-order valence-electron chi connectivity index (χ0n) is 12.6. The number of likely N-dealkylation sites (N-methyl/N-ethyl adjacent to an activating group) is 1. The number of benzene rings is 1. The lowest BCUT2D eigenvalue weighted by atomic mass is 10.1. The molecule has 0 aromatic heterocycles. The van der Waals surface area contributed by atoms with Crippen molar-refractivity contribution in [3.8, 4) is 18.1 Å². The summed E-state index contributed by atoms with van der Waals surface area (Å²) >= 11 is 0. The minimum Gasteiger partial charge on any atom is -0.410 e. The third-order valence-electron chi connectivity index (χ3n) is 2.65. The van der Waals surface area contributed by atoms with Gasteiger partial charge in [-0.1, -0.05) is 24.6 Å². The summed E-state index contributed by atoms with van der Waals surface area (Å²) < 4.78 is 5.15. The number of terminal acetylenes is 1. The zero-order chi connectivity index (χ0) is 15.1. The second-order valence-electron chi connectivity index (χ2n) is 4.77. The lowest BCUT2D eigenvalue weighted by Gasteiger charge is -2.15. The van der Waals surface area contributed by atoms with Gasteiger partial charge in [0.15, 0.2) is 0 Å². The fraction of sp³-hybridized carbons (Fsp3) is 0.312. The smallest absolute Gasteiger partial charge is 0.410 e. The lowest BCUT2D eigenvalue weighted by molar-refractivity contribution is 0.172. The van der Waals surface area contributed by atoms with Crippen LogP contribution >= 0.6 is 12.4 Å². The molecule has 4 nitrogen and oxygen atoms in total. The highest BCUT2D eigenvalue weighted by Crippen LogP contribution is 2.18. The van der Waals surface area contributed by atoms with Crippen LogP contribution in [-0.2, 0) is 0 Å². The Balaban J connectivity index is 0.00000400. The van der Waals surface area contributed by atoms with Gasteiger partial charge in [0.05, 0.1) is 6.54 Å². The van der Waals surface area contributed by atoms with Crippen LogP contribution in [0.4, 0.5) is 4.79 Å². The Labute approximate surface area is 132 Å². The molecule has 1 aromatic carbocycles. The Morgan fingerprint density at radius 3 is 2.33 bits per heavy atom. The summed E-state index contributed by atoms with van der Waals surface area (Å²) in [5.41, 5.74) is 1.96. The van der Waals surface area contributed by atoms with E-state index < -0.39 is 6.09 Å². The van der Waals surface area contributed by atoms with Gasteiger partial charge in [0.1, 0.15) is 5.75 Å². The molecule has 0 bridgehead atoms. The number of amides is 1. The molecular formula is C16H21ClN2O2. The normalized spacial score (nSPS) is 9.48. The molecule has 0 unspecified atom stereocenters. The predicted molar refractivity (Wildman–Crippen MR) is 88.8 cm³/mol. The third-order valence-corrected chi connectivity index (χ3v) is 2.65. The van der Waals surface area contributed by atoms with Gasteiger partial charge in [0.2, 0.25) is 0 Å². The molecule has 0 atom stereocenters. The number of hydrogen-bond donors (Lipinski definition) is 0. The van der Waals surface area contributed by atoms with Gasteiger partial charge >= 0.3 is 6.09 Å². The molecule has 0 fully saturated rings. The molecule has 114 valence electrons. The zero-order valence-corrected chi connectivity index (χ0v) is 13.4. The molecule has 0 saturated heterocycles. The predicted octanol–water partition coefficient (Wildman–Crippen LogP) is 2.75. The minimum absolute atomic E-state index is 0. The van der Waals surface area contributed by atoms with Crippen molar-refractivity contribution in [1.29, 1.82) is 0 Å². The molecule has 1 amide bonds. The van der Waals surface area contributed by atoms with Gasteiger partial charge in [-0.2, -0.15) is 0 Å². The van der Waals surface area contributed by atoms with E-state index in [0.29, 0.717) is 18.8 Å². The van der Waals surface area contributed by atoms with E-state index in [-0.39, 0.29) is 12.4 Å². The third kappa shape index (κ3) is 6.35. The molecule has 0 aliphatic heterocycles. The molecule has 0 aliphatic rings. The van der Waals surface area contributed by atoms with E-state index in [4.69, 9.17) is 11.2 Å². The molecule has 0 heterocycles. The van der Waals surface area contributed by atoms with Gasteiger partial charge in [0, 0.05) is 20.6 Å². The first kappa shape index (κ1) is 19.0. The Morgan fingerprint density at radius 2 is 1.86 bits per heavy atom. The van der Waals surface area contributed by atoms with Crippen LogP contribution in [0, 0.1) is 12.3 Å². The number of halogens is 1. The highest BCUT2D eigenvalue weighted by atomic mass is 35.5. The van der Waals surface area contributed by atoms with Crippen molar-refractivity contribution in [2.45, 2.75) is 0 Å². The average molecular weight is 309 g/mol. The Morgan fingerprint density at radius 1 is 1.29 bits per heavy atom. The first-order valence-electron chi connectivity index (χ1n) is 6.23. The van der Waals surface area contributed by atoms with Crippen molar-refractivity contribution in [2.75, 3.05) is 34.2 Å². The summed E-state index contributed by atoms with van der Waals surface area (Å²) in [6.07, 6.45) is 4.86. The molecular weight excluding hydrogens is 288 g/mol. The van der Waals surface area contributed by atoms with E-state index in [0.717, 1.165) is 11.1 Å². The first-order valence-corrected chi connectivity index (χ1v) is 6.23. The molecule has 0 saturated carbocycles. The fourth-order valence-corrected chi connectivity index (χ4v) is 1.58. The molecule has 5 heteroatoms. The van der Waals surface area contributed by atoms with Gasteiger partial charge in [-0.15, -0.1) is 18.8 Å². The Hall–Kier alpha value is -1.96. The van der Waals surface area contributed by atoms with Crippen molar-refractivity contribution < 1.29 is 9.53 Å². The van der Waals surface area contributed by atoms with Crippen LogP contribution in [0.15, 0.2) is 30.8 Å². The van der Waals surface area contributed by atoms with E-state index in [1.165, 1.54) is 4.90 Å². The van der Waals surface area contributed by atoms with Crippen LogP contribution in [-0.4, -0.2) is 50.1 Å². The summed E-state index contributed by atoms with van der Waals surface area (Å²) in [6.45, 7) is 5.32. The largest absolute Gasteiger partial charge is 0.414 e. The van der Waals surface area contributed by atoms with E-state index in [1.807, 2.05) is 24.1 Å². The maximum Gasteiger partial charge on any atom is 0.414 e. The molecule has 0 spiro atoms. The van der Waals surface area contributed by atoms with E-state index in [1.54, 1.807) is 26.2 Å². The molecule has 21 heavy (non-hydrogen) atoms. The van der Waals surface area contributed by atoms with Gasteiger partial charge in [0.25, 0.3) is 0 Å². The second-order valence-corrected chi connectivity index (χ2v) is 4.77. The van der Waals surface area contributed by atoms with Crippen molar-refractivity contribution in [2.24, 2.45) is 0 Å². The van der Waals surface area contributed by atoms with Crippen LogP contribution < -0.4 is 4.74 Å². The first-order chi connectivity index (χ1) is 9.43. The number of rotatable bonds is 5. The van der Waals surface area contributed by atoms with E-state index >= 15 is 0 Å². The van der Waals surface area contributed by atoms with Crippen LogP contribution in [0.1, 0.15) is 5.56 Å². The lowest BCUT2D eigenvalue weighted by Crippen LogP contribution is -2.25. The maximum atomic E-state index is 11.4. The second kappa shape index (κ2) is 9.06. The number of hydrogen-bond acceptors (Lipinski definition) is 3. The van der Waals surface area contributed by atoms with Crippen LogP contribution in [0.3, 0.4) is 0 Å². The van der Waals surface area contributed by atoms with E-state index in [9.17, 15) is 4.79 Å². The summed E-state index contributed by atoms with van der Waals surface area (Å²) in [4.78, 5) is 14.8. The van der Waals surface area contributed by atoms with Crippen molar-refractivity contribution in [3.63, 3.8) is 0 Å². The molecule has 0 aliphatic carbocycles. The van der Waals surface area contributed by atoms with Gasteiger partial charge < -0.3 is 9.64 Å². The monoisotopic (exact) mass is 308 g/mol. The molecule has 0 radical (unpaired) electrons. The summed E-state index contributed by atoms with van der Waals surface area (Å²) in [5, 5.41) is 0. The molecule has 1 rings (SSSR count). The Kier molecular flexibility index (Phi) is 8.22. The van der Waals surface area contributed by atoms with E-state index in [2.05, 4.69) is 12.5 Å². The molecule has 0 N–H and O–H groups in total. The van der Waals surface area contributed by atoms with Crippen molar-refractivity contribution in [3.05, 3.63) is 36.4 Å². The van der Waals surface area contributed by atoms with Crippen LogP contribution in [0.25, 0.3) is 5.57 Å². The number of carbonyl (C=O) groups excluding carboxylic acids is 1. The molecule has 1 aromatic rings. The Bertz CT molecular complexity index is 518. The van der Waals surface area contributed by atoms with Crippen molar-refractivity contribution in [1.82, 2.24) is 9.80 Å². The average Bonchev–Trinajstić information content (AvgIpc) is 2.39.